The van der Waals surface area contributed by atoms with E-state index < -0.39 is 20.7 Å². The number of thiazole rings is 1. The second-order valence-corrected chi connectivity index (χ2v) is 11.7. The standard InChI is InChI=1S/C22H28ClFN4O4S2/c23-16-10-21(34(30,31)27-22-25-7-9-33-22)17(24)11-19(16)26-18-5-1-2-6-20(18)28-8-3-4-15(12-28)13-32-14-29/h7,9-11,14-15,18,20,26H,1-6,8,12-13H2,(H,25,27)/t15-,18+,20+/m1/s1. The van der Waals surface area contributed by atoms with Gasteiger partial charge >= 0.3 is 0 Å². The normalized spacial score (nSPS) is 23.9. The van der Waals surface area contributed by atoms with Gasteiger partial charge in [-0.25, -0.2) is 17.8 Å². The van der Waals surface area contributed by atoms with Crippen LogP contribution in [-0.4, -0.2) is 56.6 Å². The van der Waals surface area contributed by atoms with Crippen molar-refractivity contribution in [2.75, 3.05) is 29.7 Å². The summed E-state index contributed by atoms with van der Waals surface area (Å²) in [5.41, 5.74) is 0.377. The Morgan fingerprint density at radius 2 is 2.09 bits per heavy atom. The lowest BCUT2D eigenvalue weighted by molar-refractivity contribution is -0.130. The SMILES string of the molecule is O=COC[C@@H]1CCCN([C@H]2CCCC[C@@H]2Nc2cc(F)c(S(=O)(=O)Nc3nccs3)cc2Cl)C1. The van der Waals surface area contributed by atoms with Crippen LogP contribution >= 0.6 is 22.9 Å². The van der Waals surface area contributed by atoms with E-state index in [9.17, 15) is 17.6 Å². The summed E-state index contributed by atoms with van der Waals surface area (Å²) in [7, 11) is -4.16. The van der Waals surface area contributed by atoms with Gasteiger partial charge in [0.15, 0.2) is 5.13 Å². The number of sulfonamides is 1. The number of aromatic nitrogens is 1. The summed E-state index contributed by atoms with van der Waals surface area (Å²) in [6.07, 6.45) is 7.57. The van der Waals surface area contributed by atoms with Crippen LogP contribution in [-0.2, 0) is 19.6 Å². The summed E-state index contributed by atoms with van der Waals surface area (Å²) >= 11 is 7.52. The number of ether oxygens (including phenoxy) is 1. The van der Waals surface area contributed by atoms with E-state index in [0.29, 0.717) is 24.7 Å². The van der Waals surface area contributed by atoms with E-state index >= 15 is 0 Å². The van der Waals surface area contributed by atoms with Crippen LogP contribution in [0.2, 0.25) is 5.02 Å². The Balaban J connectivity index is 1.49. The van der Waals surface area contributed by atoms with E-state index in [1.807, 2.05) is 0 Å². The molecule has 34 heavy (non-hydrogen) atoms. The van der Waals surface area contributed by atoms with Gasteiger partial charge < -0.3 is 10.1 Å². The molecule has 1 aliphatic heterocycles. The molecule has 1 saturated heterocycles. The Morgan fingerprint density at radius 3 is 2.85 bits per heavy atom. The van der Waals surface area contributed by atoms with Gasteiger partial charge in [0.2, 0.25) is 0 Å². The topological polar surface area (TPSA) is 101 Å². The van der Waals surface area contributed by atoms with Gasteiger partial charge in [0.1, 0.15) is 10.7 Å². The van der Waals surface area contributed by atoms with Crippen molar-refractivity contribution in [3.63, 3.8) is 0 Å². The third-order valence-electron chi connectivity index (χ3n) is 6.45. The minimum atomic E-state index is -4.16. The zero-order valence-corrected chi connectivity index (χ0v) is 21.0. The van der Waals surface area contributed by atoms with Crippen molar-refractivity contribution in [3.8, 4) is 0 Å². The lowest BCUT2D eigenvalue weighted by Crippen LogP contribution is -2.52. The zero-order chi connectivity index (χ0) is 24.1. The summed E-state index contributed by atoms with van der Waals surface area (Å²) in [4.78, 5) is 16.4. The molecule has 0 bridgehead atoms. The summed E-state index contributed by atoms with van der Waals surface area (Å²) in [6, 6.07) is 2.58. The Bertz CT molecular complexity index is 1090. The Morgan fingerprint density at radius 1 is 1.26 bits per heavy atom. The fraction of sp³-hybridized carbons (Fsp3) is 0.545. The number of anilines is 2. The van der Waals surface area contributed by atoms with E-state index in [0.717, 1.165) is 75.1 Å². The van der Waals surface area contributed by atoms with Crippen LogP contribution in [0.3, 0.4) is 0 Å². The highest BCUT2D eigenvalue weighted by atomic mass is 35.5. The molecule has 8 nitrogen and oxygen atoms in total. The van der Waals surface area contributed by atoms with Gasteiger partial charge in [0.25, 0.3) is 16.5 Å². The number of nitrogens with one attached hydrogen (secondary N) is 2. The molecule has 12 heteroatoms. The van der Waals surface area contributed by atoms with E-state index in [1.165, 1.54) is 6.20 Å². The molecule has 186 valence electrons. The molecule has 1 aromatic carbocycles. The van der Waals surface area contributed by atoms with E-state index in [2.05, 4.69) is 19.9 Å². The fourth-order valence-corrected chi connectivity index (χ4v) is 7.07. The molecular weight excluding hydrogens is 503 g/mol. The van der Waals surface area contributed by atoms with Crippen molar-refractivity contribution >= 4 is 50.3 Å². The highest BCUT2D eigenvalue weighted by Crippen LogP contribution is 2.34. The third kappa shape index (κ3) is 5.99. The number of hydrogen-bond donors (Lipinski definition) is 2. The van der Waals surface area contributed by atoms with Crippen molar-refractivity contribution in [1.82, 2.24) is 9.88 Å². The van der Waals surface area contributed by atoms with Crippen molar-refractivity contribution in [2.45, 2.75) is 55.5 Å². The minimum Gasteiger partial charge on any atom is -0.468 e. The molecule has 2 heterocycles. The number of rotatable bonds is 9. The van der Waals surface area contributed by atoms with Gasteiger partial charge in [-0.05, 0) is 44.4 Å². The van der Waals surface area contributed by atoms with Crippen molar-refractivity contribution in [2.24, 2.45) is 5.92 Å². The Hall–Kier alpha value is -1.95. The van der Waals surface area contributed by atoms with E-state index in [-0.39, 0.29) is 22.2 Å². The molecule has 4 rings (SSSR count). The maximum atomic E-state index is 14.9. The van der Waals surface area contributed by atoms with Crippen LogP contribution in [0.25, 0.3) is 0 Å². The van der Waals surface area contributed by atoms with Crippen LogP contribution in [0, 0.1) is 11.7 Å². The molecule has 3 atom stereocenters. The quantitative estimate of drug-likeness (QED) is 0.465. The molecule has 0 amide bonds. The fourth-order valence-electron chi connectivity index (χ4n) is 4.92. The van der Waals surface area contributed by atoms with E-state index in [1.54, 1.807) is 5.38 Å². The second-order valence-electron chi connectivity index (χ2n) is 8.74. The average molecular weight is 531 g/mol. The average Bonchev–Trinajstić information content (AvgIpc) is 3.32. The Kier molecular flexibility index (Phi) is 8.28. The zero-order valence-electron chi connectivity index (χ0n) is 18.6. The lowest BCUT2D eigenvalue weighted by atomic mass is 9.86. The van der Waals surface area contributed by atoms with Crippen LogP contribution in [0.4, 0.5) is 15.2 Å². The number of benzene rings is 1. The molecule has 2 aliphatic rings. The maximum absolute atomic E-state index is 14.9. The Labute approximate surface area is 207 Å². The number of nitrogens with zero attached hydrogens (tertiary/aromatic N) is 2. The summed E-state index contributed by atoms with van der Waals surface area (Å²) in [5, 5.41) is 5.31. The predicted octanol–water partition coefficient (Wildman–Crippen LogP) is 4.34. The molecule has 2 fully saturated rings. The summed E-state index contributed by atoms with van der Waals surface area (Å²) in [6.45, 7) is 2.73. The van der Waals surface area contributed by atoms with Crippen LogP contribution in [0.15, 0.2) is 28.6 Å². The minimum absolute atomic E-state index is 0.0484. The molecular formula is C22H28ClFN4O4S2. The summed E-state index contributed by atoms with van der Waals surface area (Å²) in [5.74, 6) is -0.579. The van der Waals surface area contributed by atoms with Gasteiger partial charge in [-0.15, -0.1) is 11.3 Å². The third-order valence-corrected chi connectivity index (χ3v) is 8.94. The first kappa shape index (κ1) is 25.2. The predicted molar refractivity (Wildman–Crippen MR) is 130 cm³/mol. The first-order valence-electron chi connectivity index (χ1n) is 11.3. The molecule has 1 aliphatic carbocycles. The number of piperidine rings is 1. The first-order chi connectivity index (χ1) is 16.4. The van der Waals surface area contributed by atoms with Gasteiger partial charge in [-0.3, -0.25) is 14.4 Å². The second kappa shape index (κ2) is 11.2. The maximum Gasteiger partial charge on any atom is 0.293 e. The number of carbonyl (C=O) groups excluding carboxylic acids is 1. The van der Waals surface area contributed by atoms with Crippen molar-refractivity contribution < 1.29 is 22.3 Å². The van der Waals surface area contributed by atoms with Crippen molar-refractivity contribution in [3.05, 3.63) is 34.5 Å². The van der Waals surface area contributed by atoms with Crippen LogP contribution < -0.4 is 10.0 Å². The monoisotopic (exact) mass is 530 g/mol. The first-order valence-corrected chi connectivity index (χ1v) is 14.1. The largest absolute Gasteiger partial charge is 0.468 e. The number of carbonyl (C=O) groups is 1. The molecule has 1 saturated carbocycles. The molecule has 0 radical (unpaired) electrons. The summed E-state index contributed by atoms with van der Waals surface area (Å²) < 4.78 is 47.5. The lowest BCUT2D eigenvalue weighted by Gasteiger charge is -2.44. The highest BCUT2D eigenvalue weighted by molar-refractivity contribution is 7.93. The molecule has 0 unspecified atom stereocenters. The molecule has 2 aromatic rings. The van der Waals surface area contributed by atoms with Gasteiger partial charge in [0.05, 0.1) is 17.3 Å². The van der Waals surface area contributed by atoms with E-state index in [4.69, 9.17) is 16.3 Å². The molecule has 2 N–H and O–H groups in total. The molecule has 1 aromatic heterocycles. The van der Waals surface area contributed by atoms with Gasteiger partial charge in [0, 0.05) is 36.1 Å². The highest BCUT2D eigenvalue weighted by Gasteiger charge is 2.34. The number of likely N-dealkylation sites (tertiary alicyclic amines) is 1. The molecule has 0 spiro atoms. The smallest absolute Gasteiger partial charge is 0.293 e. The number of halogens is 2. The van der Waals surface area contributed by atoms with Gasteiger partial charge in [-0.1, -0.05) is 24.4 Å². The number of hydrogen-bond acceptors (Lipinski definition) is 8. The van der Waals surface area contributed by atoms with Crippen molar-refractivity contribution in [1.29, 1.82) is 0 Å². The van der Waals surface area contributed by atoms with Gasteiger partial charge in [-0.2, -0.15) is 0 Å². The van der Waals surface area contributed by atoms with Crippen LogP contribution in [0.5, 0.6) is 0 Å². The van der Waals surface area contributed by atoms with Crippen LogP contribution in [0.1, 0.15) is 38.5 Å².